The molecular weight excluding hydrogens is 214 g/mol. The molecule has 0 spiro atoms. The highest BCUT2D eigenvalue weighted by molar-refractivity contribution is 6.00. The van der Waals surface area contributed by atoms with Gasteiger partial charge in [-0.3, -0.25) is 9.69 Å². The summed E-state index contributed by atoms with van der Waals surface area (Å²) in [6.07, 6.45) is 0. The van der Waals surface area contributed by atoms with Crippen molar-refractivity contribution in [2.45, 2.75) is 19.8 Å². The summed E-state index contributed by atoms with van der Waals surface area (Å²) in [7, 11) is 1.61. The minimum Gasteiger partial charge on any atom is -0.496 e. The summed E-state index contributed by atoms with van der Waals surface area (Å²) < 4.78 is 5.26. The third kappa shape index (κ3) is 2.86. The quantitative estimate of drug-likeness (QED) is 0.577. The standard InChI is InChI=1S/C14H19NO2/c1-10(2)11-4-5-14(17-3)12(8-11)13(16)9-15-6-7-15/h4-5,8,10H,6-7,9H2,1-3H3. The van der Waals surface area contributed by atoms with Crippen LogP contribution in [0.4, 0.5) is 0 Å². The van der Waals surface area contributed by atoms with Crippen molar-refractivity contribution in [2.24, 2.45) is 0 Å². The summed E-state index contributed by atoms with van der Waals surface area (Å²) in [4.78, 5) is 14.2. The number of rotatable bonds is 5. The van der Waals surface area contributed by atoms with E-state index in [1.54, 1.807) is 7.11 Å². The molecule has 0 N–H and O–H groups in total. The van der Waals surface area contributed by atoms with Gasteiger partial charge in [-0.05, 0) is 23.6 Å². The van der Waals surface area contributed by atoms with Crippen molar-refractivity contribution in [3.63, 3.8) is 0 Å². The zero-order valence-electron chi connectivity index (χ0n) is 10.7. The number of hydrogen-bond donors (Lipinski definition) is 0. The first-order chi connectivity index (χ1) is 8.11. The Morgan fingerprint density at radius 3 is 2.65 bits per heavy atom. The van der Waals surface area contributed by atoms with Crippen molar-refractivity contribution in [1.29, 1.82) is 0 Å². The maximum absolute atomic E-state index is 12.1. The molecule has 2 rings (SSSR count). The van der Waals surface area contributed by atoms with E-state index in [4.69, 9.17) is 4.74 Å². The van der Waals surface area contributed by atoms with Gasteiger partial charge in [-0.25, -0.2) is 0 Å². The van der Waals surface area contributed by atoms with E-state index in [1.807, 2.05) is 18.2 Å². The summed E-state index contributed by atoms with van der Waals surface area (Å²) in [5.41, 5.74) is 1.89. The number of carbonyl (C=O) groups is 1. The van der Waals surface area contributed by atoms with Crippen molar-refractivity contribution in [2.75, 3.05) is 26.7 Å². The fraction of sp³-hybridized carbons (Fsp3) is 0.500. The Hall–Kier alpha value is -1.35. The Morgan fingerprint density at radius 1 is 1.41 bits per heavy atom. The molecule has 1 saturated heterocycles. The van der Waals surface area contributed by atoms with E-state index in [0.29, 0.717) is 23.8 Å². The van der Waals surface area contributed by atoms with E-state index in [-0.39, 0.29) is 5.78 Å². The molecule has 0 aliphatic carbocycles. The van der Waals surface area contributed by atoms with Crippen LogP contribution in [-0.2, 0) is 0 Å². The Bertz CT molecular complexity index is 422. The van der Waals surface area contributed by atoms with Crippen molar-refractivity contribution < 1.29 is 9.53 Å². The van der Waals surface area contributed by atoms with Gasteiger partial charge in [0.05, 0.1) is 19.2 Å². The summed E-state index contributed by atoms with van der Waals surface area (Å²) in [6.45, 7) is 6.84. The van der Waals surface area contributed by atoms with Crippen LogP contribution in [0.25, 0.3) is 0 Å². The van der Waals surface area contributed by atoms with Crippen LogP contribution in [0.3, 0.4) is 0 Å². The summed E-state index contributed by atoms with van der Waals surface area (Å²) in [6, 6.07) is 5.89. The molecule has 17 heavy (non-hydrogen) atoms. The van der Waals surface area contributed by atoms with Crippen LogP contribution in [0.1, 0.15) is 35.7 Å². The second-order valence-corrected chi connectivity index (χ2v) is 4.81. The molecule has 0 amide bonds. The second kappa shape index (κ2) is 4.88. The van der Waals surface area contributed by atoms with Gasteiger partial charge in [-0.1, -0.05) is 19.9 Å². The predicted octanol–water partition coefficient (Wildman–Crippen LogP) is 2.32. The van der Waals surface area contributed by atoms with Crippen LogP contribution < -0.4 is 4.74 Å². The molecule has 1 aromatic rings. The van der Waals surface area contributed by atoms with Crippen molar-refractivity contribution in [1.82, 2.24) is 4.90 Å². The Balaban J connectivity index is 2.27. The molecule has 0 radical (unpaired) electrons. The maximum atomic E-state index is 12.1. The van der Waals surface area contributed by atoms with Crippen LogP contribution in [0.5, 0.6) is 5.75 Å². The molecule has 0 aromatic heterocycles. The monoisotopic (exact) mass is 233 g/mol. The SMILES string of the molecule is COc1ccc(C(C)C)cc1C(=O)CN1CC1. The van der Waals surface area contributed by atoms with Gasteiger partial charge >= 0.3 is 0 Å². The number of ether oxygens (including phenoxy) is 1. The van der Waals surface area contributed by atoms with Gasteiger partial charge in [0.15, 0.2) is 5.78 Å². The van der Waals surface area contributed by atoms with Gasteiger partial charge in [-0.15, -0.1) is 0 Å². The third-order valence-corrected chi connectivity index (χ3v) is 3.10. The van der Waals surface area contributed by atoms with Crippen LogP contribution >= 0.6 is 0 Å². The zero-order chi connectivity index (χ0) is 12.4. The Labute approximate surface area is 102 Å². The molecular formula is C14H19NO2. The fourth-order valence-electron chi connectivity index (χ4n) is 1.82. The number of hydrogen-bond acceptors (Lipinski definition) is 3. The van der Waals surface area contributed by atoms with E-state index in [9.17, 15) is 4.79 Å². The number of nitrogens with zero attached hydrogens (tertiary/aromatic N) is 1. The second-order valence-electron chi connectivity index (χ2n) is 4.81. The molecule has 3 nitrogen and oxygen atoms in total. The molecule has 0 saturated carbocycles. The smallest absolute Gasteiger partial charge is 0.180 e. The first-order valence-corrected chi connectivity index (χ1v) is 6.05. The lowest BCUT2D eigenvalue weighted by molar-refractivity contribution is 0.0971. The van der Waals surface area contributed by atoms with Gasteiger partial charge in [0.2, 0.25) is 0 Å². The van der Waals surface area contributed by atoms with Gasteiger partial charge < -0.3 is 4.74 Å². The van der Waals surface area contributed by atoms with Crippen molar-refractivity contribution in [3.8, 4) is 5.75 Å². The number of methoxy groups -OCH3 is 1. The largest absolute Gasteiger partial charge is 0.496 e. The zero-order valence-corrected chi connectivity index (χ0v) is 10.7. The fourth-order valence-corrected chi connectivity index (χ4v) is 1.82. The lowest BCUT2D eigenvalue weighted by Crippen LogP contribution is -2.14. The lowest BCUT2D eigenvalue weighted by Gasteiger charge is -2.12. The van der Waals surface area contributed by atoms with Crippen molar-refractivity contribution >= 4 is 5.78 Å². The molecule has 1 aromatic carbocycles. The third-order valence-electron chi connectivity index (χ3n) is 3.10. The Kier molecular flexibility index (Phi) is 3.48. The van der Waals surface area contributed by atoms with Gasteiger partial charge in [0.25, 0.3) is 0 Å². The van der Waals surface area contributed by atoms with E-state index < -0.39 is 0 Å². The molecule has 92 valence electrons. The number of carbonyl (C=O) groups excluding carboxylic acids is 1. The highest BCUT2D eigenvalue weighted by atomic mass is 16.5. The summed E-state index contributed by atoms with van der Waals surface area (Å²) in [5, 5.41) is 0. The van der Waals surface area contributed by atoms with Crippen LogP contribution in [0.2, 0.25) is 0 Å². The molecule has 0 atom stereocenters. The molecule has 1 aliphatic heterocycles. The molecule has 0 unspecified atom stereocenters. The van der Waals surface area contributed by atoms with Gasteiger partial charge in [0, 0.05) is 13.1 Å². The van der Waals surface area contributed by atoms with Crippen LogP contribution in [0.15, 0.2) is 18.2 Å². The number of Topliss-reactive ketones (excluding diaryl/α,β-unsaturated/α-hetero) is 1. The highest BCUT2D eigenvalue weighted by Gasteiger charge is 2.23. The predicted molar refractivity (Wildman–Crippen MR) is 67.9 cm³/mol. The first-order valence-electron chi connectivity index (χ1n) is 6.05. The summed E-state index contributed by atoms with van der Waals surface area (Å²) in [5.74, 6) is 1.26. The van der Waals surface area contributed by atoms with Gasteiger partial charge in [0.1, 0.15) is 5.75 Å². The van der Waals surface area contributed by atoms with Crippen LogP contribution in [0, 0.1) is 0 Å². The van der Waals surface area contributed by atoms with E-state index >= 15 is 0 Å². The average molecular weight is 233 g/mol. The molecule has 1 heterocycles. The lowest BCUT2D eigenvalue weighted by atomic mass is 9.98. The number of ketones is 1. The topological polar surface area (TPSA) is 29.3 Å². The maximum Gasteiger partial charge on any atom is 0.180 e. The van der Waals surface area contributed by atoms with E-state index in [2.05, 4.69) is 18.7 Å². The van der Waals surface area contributed by atoms with Crippen LogP contribution in [-0.4, -0.2) is 37.4 Å². The molecule has 1 aliphatic rings. The number of benzene rings is 1. The average Bonchev–Trinajstić information content (AvgIpc) is 3.11. The minimum absolute atomic E-state index is 0.154. The van der Waals surface area contributed by atoms with Gasteiger partial charge in [-0.2, -0.15) is 0 Å². The van der Waals surface area contributed by atoms with E-state index in [0.717, 1.165) is 13.1 Å². The Morgan fingerprint density at radius 2 is 2.12 bits per heavy atom. The minimum atomic E-state index is 0.154. The molecule has 3 heteroatoms. The van der Waals surface area contributed by atoms with E-state index in [1.165, 1.54) is 5.56 Å². The molecule has 0 bridgehead atoms. The van der Waals surface area contributed by atoms with Crippen molar-refractivity contribution in [3.05, 3.63) is 29.3 Å². The highest BCUT2D eigenvalue weighted by Crippen LogP contribution is 2.25. The first kappa shape index (κ1) is 12.1. The summed E-state index contributed by atoms with van der Waals surface area (Å²) >= 11 is 0. The molecule has 1 fully saturated rings. The normalized spacial score (nSPS) is 15.1.